The van der Waals surface area contributed by atoms with E-state index in [-0.39, 0.29) is 11.8 Å². The van der Waals surface area contributed by atoms with Crippen molar-refractivity contribution in [2.75, 3.05) is 0 Å². The van der Waals surface area contributed by atoms with Crippen molar-refractivity contribution in [3.05, 3.63) is 138 Å². The van der Waals surface area contributed by atoms with Crippen LogP contribution in [0.3, 0.4) is 0 Å². The van der Waals surface area contributed by atoms with Crippen molar-refractivity contribution in [1.29, 1.82) is 0 Å². The van der Waals surface area contributed by atoms with Crippen molar-refractivity contribution in [3.8, 4) is 39.3 Å². The van der Waals surface area contributed by atoms with E-state index >= 15 is 0 Å². The molecular weight excluding hydrogens is 631 g/mol. The predicted molar refractivity (Wildman–Crippen MR) is 211 cm³/mol. The summed E-state index contributed by atoms with van der Waals surface area (Å²) >= 11 is 1.75. The number of imidazole rings is 1. The van der Waals surface area contributed by atoms with Crippen LogP contribution in [0.1, 0.15) is 56.4 Å². The molecule has 9 rings (SSSR count). The zero-order chi connectivity index (χ0) is 34.1. The summed E-state index contributed by atoms with van der Waals surface area (Å²) in [6.07, 6.45) is 1.89. The summed E-state index contributed by atoms with van der Waals surface area (Å²) in [7, 11) is 0. The van der Waals surface area contributed by atoms with E-state index in [0.717, 1.165) is 49.5 Å². The van der Waals surface area contributed by atoms with Gasteiger partial charge in [-0.25, -0.2) is 9.97 Å². The molecule has 0 amide bonds. The lowest BCUT2D eigenvalue weighted by molar-refractivity contribution is 0.616. The van der Waals surface area contributed by atoms with Crippen LogP contribution in [-0.4, -0.2) is 14.5 Å². The minimum atomic E-state index is 0.287. The topological polar surface area (TPSA) is 43.9 Å². The molecule has 0 atom stereocenters. The van der Waals surface area contributed by atoms with E-state index in [1.54, 1.807) is 11.3 Å². The van der Waals surface area contributed by atoms with Crippen molar-refractivity contribution in [2.45, 2.75) is 46.5 Å². The Balaban J connectivity index is 1.27. The monoisotopic (exact) mass is 667 g/mol. The second kappa shape index (κ2) is 11.8. The number of hydrogen-bond donors (Lipinski definition) is 0. The SMILES string of the molecule is Cc1ccc2c(n1)sc1ccc(-c3ccc4occ(-c5nc6ccccc6n5-c5c(C(C)C)cc(-c6ccccc6)cc5C(C)C)c4c3)cc12. The zero-order valence-corrected chi connectivity index (χ0v) is 29.7. The third-order valence-electron chi connectivity index (χ3n) is 9.93. The molecule has 0 aliphatic carbocycles. The van der Waals surface area contributed by atoms with Crippen LogP contribution in [0.25, 0.3) is 81.6 Å². The first kappa shape index (κ1) is 30.5. The van der Waals surface area contributed by atoms with E-state index in [1.165, 1.54) is 49.0 Å². The number of hydrogen-bond acceptors (Lipinski definition) is 4. The van der Waals surface area contributed by atoms with E-state index in [1.807, 2.05) is 13.2 Å². The van der Waals surface area contributed by atoms with Crippen molar-refractivity contribution in [2.24, 2.45) is 0 Å². The van der Waals surface area contributed by atoms with Gasteiger partial charge in [-0.2, -0.15) is 0 Å². The average Bonchev–Trinajstić information content (AvgIpc) is 3.83. The molecule has 0 N–H and O–H groups in total. The fraction of sp³-hybridized carbons (Fsp3) is 0.156. The highest BCUT2D eigenvalue weighted by Gasteiger charge is 2.25. The van der Waals surface area contributed by atoms with Crippen LogP contribution in [0.4, 0.5) is 0 Å². The number of para-hydroxylation sites is 2. The summed E-state index contributed by atoms with van der Waals surface area (Å²) < 4.78 is 9.92. The van der Waals surface area contributed by atoms with Gasteiger partial charge in [0.25, 0.3) is 0 Å². The standard InChI is InChI=1S/C45H37N3OS/c1-26(2)34-23-32(29-11-7-6-8-12-29)24-35(27(3)4)43(34)48-40-14-10-9-13-39(40)47-44(48)38-25-49-41-19-16-30(21-36(38)41)31-17-20-42-37(22-31)33-18-15-28(5)46-45(33)50-42/h6-27H,1-5H3. The number of rotatable bonds is 6. The van der Waals surface area contributed by atoms with Gasteiger partial charge < -0.3 is 4.42 Å². The van der Waals surface area contributed by atoms with Crippen molar-refractivity contribution in [1.82, 2.24) is 14.5 Å². The Bertz CT molecular complexity index is 2700. The molecule has 5 aromatic carbocycles. The molecule has 0 fully saturated rings. The first-order chi connectivity index (χ1) is 24.3. The van der Waals surface area contributed by atoms with Gasteiger partial charge in [0.1, 0.15) is 22.5 Å². The van der Waals surface area contributed by atoms with E-state index < -0.39 is 0 Å². The summed E-state index contributed by atoms with van der Waals surface area (Å²) in [5.41, 5.74) is 13.5. The van der Waals surface area contributed by atoms with Crippen molar-refractivity contribution in [3.63, 3.8) is 0 Å². The van der Waals surface area contributed by atoms with Gasteiger partial charge in [-0.3, -0.25) is 4.57 Å². The molecule has 4 heterocycles. The molecule has 0 radical (unpaired) electrons. The summed E-state index contributed by atoms with van der Waals surface area (Å²) in [6.45, 7) is 11.2. The number of fused-ring (bicyclic) bond motifs is 5. The van der Waals surface area contributed by atoms with Crippen LogP contribution < -0.4 is 0 Å². The molecule has 244 valence electrons. The van der Waals surface area contributed by atoms with E-state index in [2.05, 4.69) is 148 Å². The lowest BCUT2D eigenvalue weighted by Gasteiger charge is -2.24. The number of thiophene rings is 1. The lowest BCUT2D eigenvalue weighted by Crippen LogP contribution is -2.09. The zero-order valence-electron chi connectivity index (χ0n) is 28.9. The van der Waals surface area contributed by atoms with Crippen LogP contribution >= 0.6 is 11.3 Å². The molecule has 0 saturated carbocycles. The first-order valence-corrected chi connectivity index (χ1v) is 18.2. The maximum Gasteiger partial charge on any atom is 0.149 e. The predicted octanol–water partition coefficient (Wildman–Crippen LogP) is 13.1. The molecule has 0 saturated heterocycles. The quantitative estimate of drug-likeness (QED) is 0.177. The largest absolute Gasteiger partial charge is 0.464 e. The highest BCUT2D eigenvalue weighted by molar-refractivity contribution is 7.25. The second-order valence-corrected chi connectivity index (χ2v) is 14.9. The molecule has 0 aliphatic heterocycles. The normalized spacial score (nSPS) is 12.1. The van der Waals surface area contributed by atoms with Crippen LogP contribution in [0, 0.1) is 6.92 Å². The van der Waals surface area contributed by atoms with Gasteiger partial charge in [-0.15, -0.1) is 11.3 Å². The lowest BCUT2D eigenvalue weighted by atomic mass is 9.88. The van der Waals surface area contributed by atoms with Gasteiger partial charge in [0, 0.05) is 26.6 Å². The van der Waals surface area contributed by atoms with Crippen LogP contribution in [0.5, 0.6) is 0 Å². The van der Waals surface area contributed by atoms with Crippen LogP contribution in [0.2, 0.25) is 0 Å². The van der Waals surface area contributed by atoms with Gasteiger partial charge in [0.15, 0.2) is 0 Å². The Hall–Kier alpha value is -5.52. The number of benzene rings is 5. The number of furan rings is 1. The molecule has 9 aromatic rings. The summed E-state index contributed by atoms with van der Waals surface area (Å²) in [5, 5.41) is 3.49. The number of aryl methyl sites for hydroxylation is 1. The maximum absolute atomic E-state index is 6.28. The fourth-order valence-electron chi connectivity index (χ4n) is 7.36. The highest BCUT2D eigenvalue weighted by atomic mass is 32.1. The Morgan fingerprint density at radius 3 is 2.08 bits per heavy atom. The molecule has 5 heteroatoms. The minimum Gasteiger partial charge on any atom is -0.464 e. The molecule has 50 heavy (non-hydrogen) atoms. The molecule has 0 aliphatic rings. The maximum atomic E-state index is 6.28. The number of nitrogens with zero attached hydrogens (tertiary/aromatic N) is 3. The van der Waals surface area contributed by atoms with E-state index in [4.69, 9.17) is 14.4 Å². The van der Waals surface area contributed by atoms with Crippen LogP contribution in [0.15, 0.2) is 126 Å². The van der Waals surface area contributed by atoms with Crippen molar-refractivity contribution < 1.29 is 4.42 Å². The van der Waals surface area contributed by atoms with Crippen LogP contribution in [-0.2, 0) is 0 Å². The Morgan fingerprint density at radius 1 is 0.620 bits per heavy atom. The average molecular weight is 668 g/mol. The first-order valence-electron chi connectivity index (χ1n) is 17.4. The van der Waals surface area contributed by atoms with Gasteiger partial charge in [0.05, 0.1) is 22.3 Å². The third kappa shape index (κ3) is 4.95. The fourth-order valence-corrected chi connectivity index (χ4v) is 8.46. The summed E-state index contributed by atoms with van der Waals surface area (Å²) in [6, 6.07) is 41.5. The number of pyridine rings is 1. The van der Waals surface area contributed by atoms with Gasteiger partial charge in [-0.05, 0) is 113 Å². The smallest absolute Gasteiger partial charge is 0.149 e. The second-order valence-electron chi connectivity index (χ2n) is 13.9. The van der Waals surface area contributed by atoms with Gasteiger partial charge >= 0.3 is 0 Å². The molecular formula is C45H37N3OS. The van der Waals surface area contributed by atoms with E-state index in [0.29, 0.717) is 0 Å². The summed E-state index contributed by atoms with van der Waals surface area (Å²) in [4.78, 5) is 11.2. The number of aromatic nitrogens is 3. The molecule has 0 spiro atoms. The molecule has 0 bridgehead atoms. The third-order valence-corrected chi connectivity index (χ3v) is 11.0. The Kier molecular flexibility index (Phi) is 7.22. The summed E-state index contributed by atoms with van der Waals surface area (Å²) in [5.74, 6) is 1.46. The molecule has 0 unspecified atom stereocenters. The molecule has 4 nitrogen and oxygen atoms in total. The Labute approximate surface area is 295 Å². The minimum absolute atomic E-state index is 0.287. The van der Waals surface area contributed by atoms with Crippen molar-refractivity contribution >= 4 is 53.6 Å². The molecule has 4 aromatic heterocycles. The van der Waals surface area contributed by atoms with Gasteiger partial charge in [0.2, 0.25) is 0 Å². The Morgan fingerprint density at radius 2 is 1.32 bits per heavy atom. The van der Waals surface area contributed by atoms with Gasteiger partial charge in [-0.1, -0.05) is 82.3 Å². The van der Waals surface area contributed by atoms with E-state index in [9.17, 15) is 0 Å². The highest BCUT2D eigenvalue weighted by Crippen LogP contribution is 2.43.